The van der Waals surface area contributed by atoms with Crippen molar-refractivity contribution in [2.75, 3.05) is 13.1 Å². The number of rotatable bonds is 1. The molecule has 0 aromatic heterocycles. The summed E-state index contributed by atoms with van der Waals surface area (Å²) in [5.74, 6) is 0.772. The summed E-state index contributed by atoms with van der Waals surface area (Å²) in [6.07, 6.45) is 8.12. The maximum Gasteiger partial charge on any atom is 0.00206 e. The van der Waals surface area contributed by atoms with Crippen LogP contribution in [0.3, 0.4) is 0 Å². The molecular formula is C15H21N. The minimum absolute atomic E-state index is 0.772. The van der Waals surface area contributed by atoms with Crippen LogP contribution in [0.4, 0.5) is 0 Å². The quantitative estimate of drug-likeness (QED) is 0.710. The molecule has 0 amide bonds. The largest absolute Gasteiger partial charge is 0.316 e. The second-order valence-corrected chi connectivity index (χ2v) is 5.28. The number of benzene rings is 1. The van der Waals surface area contributed by atoms with Crippen molar-refractivity contribution in [3.05, 3.63) is 34.9 Å². The Morgan fingerprint density at radius 3 is 2.69 bits per heavy atom. The molecule has 2 aliphatic rings. The predicted molar refractivity (Wildman–Crippen MR) is 67.9 cm³/mol. The van der Waals surface area contributed by atoms with Crippen LogP contribution in [0.15, 0.2) is 18.2 Å². The highest BCUT2D eigenvalue weighted by molar-refractivity contribution is 5.35. The van der Waals surface area contributed by atoms with Crippen molar-refractivity contribution in [2.45, 2.75) is 44.4 Å². The zero-order chi connectivity index (χ0) is 10.8. The summed E-state index contributed by atoms with van der Waals surface area (Å²) in [5, 5.41) is 3.46. The van der Waals surface area contributed by atoms with Crippen molar-refractivity contribution in [1.29, 1.82) is 0 Å². The normalized spacial score (nSPS) is 25.1. The number of hydrogen-bond acceptors (Lipinski definition) is 1. The van der Waals surface area contributed by atoms with Gasteiger partial charge in [0.1, 0.15) is 0 Å². The average Bonchev–Trinajstić information content (AvgIpc) is 2.74. The highest BCUT2D eigenvalue weighted by atomic mass is 14.9. The lowest BCUT2D eigenvalue weighted by Gasteiger charge is -2.13. The van der Waals surface area contributed by atoms with Crippen molar-refractivity contribution in [2.24, 2.45) is 0 Å². The molecule has 1 aliphatic heterocycles. The lowest BCUT2D eigenvalue weighted by Crippen LogP contribution is -2.08. The average molecular weight is 215 g/mol. The Bertz CT molecular complexity index is 364. The molecule has 1 atom stereocenters. The molecule has 1 aromatic carbocycles. The van der Waals surface area contributed by atoms with E-state index < -0.39 is 0 Å². The van der Waals surface area contributed by atoms with Crippen LogP contribution in [0.1, 0.15) is 48.3 Å². The van der Waals surface area contributed by atoms with Gasteiger partial charge in [-0.2, -0.15) is 0 Å². The fourth-order valence-electron chi connectivity index (χ4n) is 3.12. The van der Waals surface area contributed by atoms with E-state index in [0.717, 1.165) is 5.92 Å². The Morgan fingerprint density at radius 2 is 1.88 bits per heavy atom. The van der Waals surface area contributed by atoms with Crippen molar-refractivity contribution < 1.29 is 0 Å². The number of nitrogens with one attached hydrogen (secondary N) is 1. The summed E-state index contributed by atoms with van der Waals surface area (Å²) < 4.78 is 0. The maximum atomic E-state index is 3.46. The van der Waals surface area contributed by atoms with Gasteiger partial charge in [0, 0.05) is 6.54 Å². The third kappa shape index (κ3) is 2.01. The first-order chi connectivity index (χ1) is 7.93. The van der Waals surface area contributed by atoms with Gasteiger partial charge in [0.2, 0.25) is 0 Å². The Kier molecular flexibility index (Phi) is 2.96. The van der Waals surface area contributed by atoms with E-state index in [1.807, 2.05) is 0 Å². The van der Waals surface area contributed by atoms with Crippen LogP contribution in [0.25, 0.3) is 0 Å². The van der Waals surface area contributed by atoms with Gasteiger partial charge in [-0.05, 0) is 61.3 Å². The lowest BCUT2D eigenvalue weighted by atomic mass is 9.92. The summed E-state index contributed by atoms with van der Waals surface area (Å²) in [5.41, 5.74) is 4.83. The van der Waals surface area contributed by atoms with E-state index in [2.05, 4.69) is 23.5 Å². The number of hydrogen-bond donors (Lipinski definition) is 1. The van der Waals surface area contributed by atoms with E-state index in [1.165, 1.54) is 51.6 Å². The van der Waals surface area contributed by atoms with Crippen molar-refractivity contribution in [1.82, 2.24) is 5.32 Å². The second kappa shape index (κ2) is 4.58. The Hall–Kier alpha value is -0.820. The van der Waals surface area contributed by atoms with Gasteiger partial charge in [-0.25, -0.2) is 0 Å². The summed E-state index contributed by atoms with van der Waals surface area (Å²) in [6, 6.07) is 7.27. The SMILES string of the molecule is c1cc2c(cc1C1CCNC1)CCCCC2. The molecule has 0 radical (unpaired) electrons. The molecule has 1 nitrogen and oxygen atoms in total. The van der Waals surface area contributed by atoms with E-state index >= 15 is 0 Å². The van der Waals surface area contributed by atoms with E-state index in [4.69, 9.17) is 0 Å². The fraction of sp³-hybridized carbons (Fsp3) is 0.600. The maximum absolute atomic E-state index is 3.46. The van der Waals surface area contributed by atoms with E-state index in [9.17, 15) is 0 Å². The van der Waals surface area contributed by atoms with Crippen LogP contribution in [-0.2, 0) is 12.8 Å². The third-order valence-corrected chi connectivity index (χ3v) is 4.15. The Labute approximate surface area is 98.3 Å². The highest BCUT2D eigenvalue weighted by Gasteiger charge is 2.18. The van der Waals surface area contributed by atoms with Gasteiger partial charge in [-0.15, -0.1) is 0 Å². The van der Waals surface area contributed by atoms with Crippen LogP contribution in [0.2, 0.25) is 0 Å². The molecule has 1 heteroatoms. The number of aryl methyl sites for hydroxylation is 2. The molecule has 0 spiro atoms. The van der Waals surface area contributed by atoms with Gasteiger partial charge in [0.15, 0.2) is 0 Å². The minimum Gasteiger partial charge on any atom is -0.316 e. The predicted octanol–water partition coefficient (Wildman–Crippen LogP) is 3.03. The molecule has 0 saturated carbocycles. The van der Waals surface area contributed by atoms with Crippen LogP contribution in [-0.4, -0.2) is 13.1 Å². The van der Waals surface area contributed by atoms with E-state index in [1.54, 1.807) is 16.7 Å². The summed E-state index contributed by atoms with van der Waals surface area (Å²) in [7, 11) is 0. The van der Waals surface area contributed by atoms with Gasteiger partial charge in [0.25, 0.3) is 0 Å². The first-order valence-electron chi connectivity index (χ1n) is 6.76. The lowest BCUT2D eigenvalue weighted by molar-refractivity contribution is 0.711. The summed E-state index contributed by atoms with van der Waals surface area (Å²) >= 11 is 0. The molecule has 16 heavy (non-hydrogen) atoms. The van der Waals surface area contributed by atoms with Crippen LogP contribution >= 0.6 is 0 Å². The third-order valence-electron chi connectivity index (χ3n) is 4.15. The molecule has 1 heterocycles. The Morgan fingerprint density at radius 1 is 1.00 bits per heavy atom. The molecule has 1 aromatic rings. The first kappa shape index (κ1) is 10.3. The standard InChI is InChI=1S/C15H21N/c1-2-4-12-6-7-14(10-13(12)5-3-1)15-8-9-16-11-15/h6-7,10,15-16H,1-5,8-9,11H2. The zero-order valence-electron chi connectivity index (χ0n) is 9.97. The van der Waals surface area contributed by atoms with Crippen LogP contribution in [0, 0.1) is 0 Å². The van der Waals surface area contributed by atoms with Crippen molar-refractivity contribution in [3.63, 3.8) is 0 Å². The Balaban J connectivity index is 1.88. The monoisotopic (exact) mass is 215 g/mol. The van der Waals surface area contributed by atoms with Gasteiger partial charge in [-0.1, -0.05) is 24.6 Å². The summed E-state index contributed by atoms with van der Waals surface area (Å²) in [4.78, 5) is 0. The van der Waals surface area contributed by atoms with Gasteiger partial charge in [-0.3, -0.25) is 0 Å². The minimum atomic E-state index is 0.772. The second-order valence-electron chi connectivity index (χ2n) is 5.28. The highest BCUT2D eigenvalue weighted by Crippen LogP contribution is 2.27. The molecule has 1 saturated heterocycles. The molecule has 1 fully saturated rings. The van der Waals surface area contributed by atoms with Crippen molar-refractivity contribution in [3.8, 4) is 0 Å². The molecule has 3 rings (SSSR count). The fourth-order valence-corrected chi connectivity index (χ4v) is 3.12. The number of fused-ring (bicyclic) bond motifs is 1. The first-order valence-corrected chi connectivity index (χ1v) is 6.76. The molecule has 1 N–H and O–H groups in total. The van der Waals surface area contributed by atoms with Gasteiger partial charge < -0.3 is 5.32 Å². The van der Waals surface area contributed by atoms with E-state index in [-0.39, 0.29) is 0 Å². The van der Waals surface area contributed by atoms with Crippen molar-refractivity contribution >= 4 is 0 Å². The van der Waals surface area contributed by atoms with Gasteiger partial charge in [0.05, 0.1) is 0 Å². The molecule has 0 bridgehead atoms. The zero-order valence-corrected chi connectivity index (χ0v) is 9.97. The smallest absolute Gasteiger partial charge is 0.00206 e. The van der Waals surface area contributed by atoms with Crippen LogP contribution in [0.5, 0.6) is 0 Å². The van der Waals surface area contributed by atoms with Gasteiger partial charge >= 0.3 is 0 Å². The molecule has 86 valence electrons. The molecule has 1 unspecified atom stereocenters. The topological polar surface area (TPSA) is 12.0 Å². The van der Waals surface area contributed by atoms with Crippen LogP contribution < -0.4 is 5.32 Å². The summed E-state index contributed by atoms with van der Waals surface area (Å²) in [6.45, 7) is 2.38. The molecule has 1 aliphatic carbocycles. The molecular weight excluding hydrogens is 194 g/mol. The van der Waals surface area contributed by atoms with E-state index in [0.29, 0.717) is 0 Å².